The van der Waals surface area contributed by atoms with Crippen LogP contribution in [0.25, 0.3) is 0 Å². The fraction of sp³-hybridized carbons (Fsp3) is 0.938. The van der Waals surface area contributed by atoms with E-state index in [0.29, 0.717) is 17.9 Å². The maximum atomic E-state index is 12.6. The molecule has 108 valence electrons. The number of likely N-dealkylation sites (N-methyl/N-ethyl adjacent to an activating group) is 1. The lowest BCUT2D eigenvalue weighted by Gasteiger charge is -2.26. The Balaban J connectivity index is 1.54. The van der Waals surface area contributed by atoms with Crippen LogP contribution in [0.2, 0.25) is 0 Å². The minimum absolute atomic E-state index is 0.389. The van der Waals surface area contributed by atoms with Crippen LogP contribution in [0.3, 0.4) is 0 Å². The number of carbonyl (C=O) groups excluding carboxylic acids is 1. The summed E-state index contributed by atoms with van der Waals surface area (Å²) < 4.78 is 0. The average Bonchev–Trinajstić information content (AvgIpc) is 3.12. The van der Waals surface area contributed by atoms with Gasteiger partial charge in [0.1, 0.15) is 0 Å². The van der Waals surface area contributed by atoms with Crippen molar-refractivity contribution in [1.29, 1.82) is 0 Å². The molecule has 0 radical (unpaired) electrons. The molecule has 2 saturated carbocycles. The number of carbonyl (C=O) groups is 1. The van der Waals surface area contributed by atoms with Crippen LogP contribution in [0.15, 0.2) is 0 Å². The Morgan fingerprint density at radius 2 is 1.95 bits per heavy atom. The lowest BCUT2D eigenvalue weighted by Crippen LogP contribution is -2.42. The Morgan fingerprint density at radius 3 is 2.68 bits per heavy atom. The molecule has 0 aromatic carbocycles. The zero-order chi connectivity index (χ0) is 13.2. The van der Waals surface area contributed by atoms with Gasteiger partial charge in [-0.1, -0.05) is 32.1 Å². The predicted octanol–water partition coefficient (Wildman–Crippen LogP) is 2.41. The van der Waals surface area contributed by atoms with Crippen molar-refractivity contribution in [1.82, 2.24) is 10.2 Å². The lowest BCUT2D eigenvalue weighted by atomic mass is 9.85. The van der Waals surface area contributed by atoms with Crippen LogP contribution in [0.4, 0.5) is 0 Å². The van der Waals surface area contributed by atoms with E-state index in [4.69, 9.17) is 0 Å². The maximum absolute atomic E-state index is 12.6. The van der Waals surface area contributed by atoms with E-state index in [1.54, 1.807) is 0 Å². The molecule has 0 spiro atoms. The van der Waals surface area contributed by atoms with Crippen LogP contribution in [-0.4, -0.2) is 37.0 Å². The van der Waals surface area contributed by atoms with Crippen molar-refractivity contribution in [2.45, 2.75) is 57.4 Å². The number of likely N-dealkylation sites (tertiary alicyclic amines) is 1. The molecule has 0 aromatic heterocycles. The first-order valence-electron chi connectivity index (χ1n) is 8.26. The van der Waals surface area contributed by atoms with Crippen LogP contribution in [-0.2, 0) is 4.79 Å². The van der Waals surface area contributed by atoms with E-state index >= 15 is 0 Å². The van der Waals surface area contributed by atoms with Gasteiger partial charge >= 0.3 is 0 Å². The van der Waals surface area contributed by atoms with E-state index in [-0.39, 0.29) is 0 Å². The molecule has 3 nitrogen and oxygen atoms in total. The van der Waals surface area contributed by atoms with E-state index in [2.05, 4.69) is 10.2 Å². The summed E-state index contributed by atoms with van der Waals surface area (Å²) in [5.74, 6) is 2.48. The van der Waals surface area contributed by atoms with Gasteiger partial charge in [-0.25, -0.2) is 0 Å². The van der Waals surface area contributed by atoms with Crippen LogP contribution >= 0.6 is 0 Å². The molecule has 2 aliphatic carbocycles. The molecule has 3 fully saturated rings. The number of rotatable bonds is 4. The molecular formula is C16H28N2O. The highest BCUT2D eigenvalue weighted by molar-refractivity contribution is 5.82. The Bertz CT molecular complexity index is 325. The molecule has 0 unspecified atom stereocenters. The molecule has 1 amide bonds. The van der Waals surface area contributed by atoms with Gasteiger partial charge in [0, 0.05) is 25.0 Å². The number of amides is 1. The Morgan fingerprint density at radius 1 is 1.16 bits per heavy atom. The van der Waals surface area contributed by atoms with Crippen LogP contribution < -0.4 is 5.32 Å². The molecular weight excluding hydrogens is 236 g/mol. The molecule has 3 rings (SSSR count). The van der Waals surface area contributed by atoms with Gasteiger partial charge in [0.15, 0.2) is 0 Å². The molecule has 3 heteroatoms. The Hall–Kier alpha value is -0.570. The summed E-state index contributed by atoms with van der Waals surface area (Å²) in [7, 11) is 1.99. The fourth-order valence-electron chi connectivity index (χ4n) is 4.37. The second-order valence-corrected chi connectivity index (χ2v) is 6.79. The third-order valence-corrected chi connectivity index (χ3v) is 5.51. The molecule has 3 aliphatic rings. The highest BCUT2D eigenvalue weighted by Crippen LogP contribution is 2.50. The predicted molar refractivity (Wildman–Crippen MR) is 76.8 cm³/mol. The number of nitrogens with one attached hydrogen (secondary N) is 1. The number of hydrogen-bond acceptors (Lipinski definition) is 2. The van der Waals surface area contributed by atoms with E-state index < -0.39 is 0 Å². The average molecular weight is 264 g/mol. The lowest BCUT2D eigenvalue weighted by molar-refractivity contribution is -0.133. The SMILES string of the molecule is CNC[C@@H]1CCCN1C(=O)[C@@H]1C[C@H]1C1CCCCC1. The summed E-state index contributed by atoms with van der Waals surface area (Å²) in [5, 5.41) is 3.23. The molecule has 0 aromatic rings. The van der Waals surface area contributed by atoms with Crippen molar-refractivity contribution < 1.29 is 4.79 Å². The Kier molecular flexibility index (Phi) is 4.11. The smallest absolute Gasteiger partial charge is 0.226 e. The molecule has 1 heterocycles. The molecule has 19 heavy (non-hydrogen) atoms. The largest absolute Gasteiger partial charge is 0.338 e. The van der Waals surface area contributed by atoms with Gasteiger partial charge in [0.2, 0.25) is 5.91 Å². The first-order chi connectivity index (χ1) is 9.31. The molecule has 1 N–H and O–H groups in total. The van der Waals surface area contributed by atoms with Crippen molar-refractivity contribution in [3.8, 4) is 0 Å². The zero-order valence-corrected chi connectivity index (χ0v) is 12.2. The van der Waals surface area contributed by atoms with Gasteiger partial charge in [0.05, 0.1) is 0 Å². The topological polar surface area (TPSA) is 32.3 Å². The van der Waals surface area contributed by atoms with E-state index in [1.807, 2.05) is 7.05 Å². The van der Waals surface area contributed by atoms with Gasteiger partial charge in [-0.15, -0.1) is 0 Å². The maximum Gasteiger partial charge on any atom is 0.226 e. The van der Waals surface area contributed by atoms with Gasteiger partial charge in [-0.2, -0.15) is 0 Å². The number of nitrogens with zero attached hydrogens (tertiary/aromatic N) is 1. The van der Waals surface area contributed by atoms with Crippen molar-refractivity contribution in [3.63, 3.8) is 0 Å². The second-order valence-electron chi connectivity index (χ2n) is 6.79. The standard InChI is InChI=1S/C16H28N2O/c1-17-11-13-8-5-9-18(13)16(19)15-10-14(15)12-6-3-2-4-7-12/h12-15,17H,2-11H2,1H3/t13-,14-,15+/m0/s1. The monoisotopic (exact) mass is 264 g/mol. The molecule has 1 aliphatic heterocycles. The van der Waals surface area contributed by atoms with Gasteiger partial charge in [0.25, 0.3) is 0 Å². The minimum Gasteiger partial charge on any atom is -0.338 e. The third-order valence-electron chi connectivity index (χ3n) is 5.51. The zero-order valence-electron chi connectivity index (χ0n) is 12.2. The van der Waals surface area contributed by atoms with Crippen LogP contribution in [0, 0.1) is 17.8 Å². The van der Waals surface area contributed by atoms with E-state index in [1.165, 1.54) is 51.4 Å². The quantitative estimate of drug-likeness (QED) is 0.845. The molecule has 1 saturated heterocycles. The number of hydrogen-bond donors (Lipinski definition) is 1. The third kappa shape index (κ3) is 2.81. The highest BCUT2D eigenvalue weighted by atomic mass is 16.2. The first kappa shape index (κ1) is 13.4. The van der Waals surface area contributed by atoms with Crippen molar-refractivity contribution >= 4 is 5.91 Å². The summed E-state index contributed by atoms with van der Waals surface area (Å²) in [6.07, 6.45) is 10.5. The molecule has 0 bridgehead atoms. The summed E-state index contributed by atoms with van der Waals surface area (Å²) in [6, 6.07) is 0.463. The van der Waals surface area contributed by atoms with Gasteiger partial charge in [-0.05, 0) is 38.1 Å². The normalized spacial score (nSPS) is 35.6. The fourth-order valence-corrected chi connectivity index (χ4v) is 4.37. The van der Waals surface area contributed by atoms with Gasteiger partial charge in [-0.3, -0.25) is 4.79 Å². The molecule has 3 atom stereocenters. The summed E-state index contributed by atoms with van der Waals surface area (Å²) >= 11 is 0. The summed E-state index contributed by atoms with van der Waals surface area (Å²) in [5.41, 5.74) is 0. The summed E-state index contributed by atoms with van der Waals surface area (Å²) in [6.45, 7) is 1.96. The van der Waals surface area contributed by atoms with Crippen molar-refractivity contribution in [3.05, 3.63) is 0 Å². The van der Waals surface area contributed by atoms with Crippen LogP contribution in [0.1, 0.15) is 51.4 Å². The van der Waals surface area contributed by atoms with Crippen molar-refractivity contribution in [2.24, 2.45) is 17.8 Å². The highest BCUT2D eigenvalue weighted by Gasteiger charge is 2.49. The Labute approximate surface area is 117 Å². The van der Waals surface area contributed by atoms with Gasteiger partial charge < -0.3 is 10.2 Å². The van der Waals surface area contributed by atoms with Crippen molar-refractivity contribution in [2.75, 3.05) is 20.1 Å². The van der Waals surface area contributed by atoms with E-state index in [0.717, 1.165) is 24.9 Å². The minimum atomic E-state index is 0.389. The second kappa shape index (κ2) is 5.82. The first-order valence-corrected chi connectivity index (χ1v) is 8.26. The van der Waals surface area contributed by atoms with Crippen LogP contribution in [0.5, 0.6) is 0 Å². The summed E-state index contributed by atoms with van der Waals surface area (Å²) in [4.78, 5) is 14.8. The van der Waals surface area contributed by atoms with E-state index in [9.17, 15) is 4.79 Å².